The molecule has 6 nitrogen and oxygen atoms in total. The van der Waals surface area contributed by atoms with Gasteiger partial charge in [0.15, 0.2) is 0 Å². The topological polar surface area (TPSA) is 104 Å². The van der Waals surface area contributed by atoms with Gasteiger partial charge in [0.2, 0.25) is 0 Å². The van der Waals surface area contributed by atoms with Crippen LogP contribution in [0.5, 0.6) is 0 Å². The second-order valence-corrected chi connectivity index (χ2v) is 4.21. The van der Waals surface area contributed by atoms with Gasteiger partial charge in [0, 0.05) is 17.6 Å². The highest BCUT2D eigenvalue weighted by Gasteiger charge is 2.09. The Bertz CT molecular complexity index is 667. The van der Waals surface area contributed by atoms with Crippen LogP contribution >= 0.6 is 0 Å². The molecule has 0 aliphatic rings. The highest BCUT2D eigenvalue weighted by molar-refractivity contribution is 6.06. The van der Waals surface area contributed by atoms with E-state index < -0.39 is 5.91 Å². The second-order valence-electron chi connectivity index (χ2n) is 4.21. The lowest BCUT2D eigenvalue weighted by Gasteiger charge is -2.05. The monoisotopic (exact) mass is 282 g/mol. The molecule has 106 valence electrons. The molecular formula is C15H14N4O2. The summed E-state index contributed by atoms with van der Waals surface area (Å²) in [7, 11) is 0. The molecule has 6 heteroatoms. The Hall–Kier alpha value is -3.20. The first kappa shape index (κ1) is 14.2. The zero-order valence-corrected chi connectivity index (χ0v) is 11.2. The SMILES string of the molecule is N#C/C(=C/NCc1ccco1)C(=O)Nc1ccc(N)cc1. The van der Waals surface area contributed by atoms with Gasteiger partial charge in [-0.05, 0) is 36.4 Å². The summed E-state index contributed by atoms with van der Waals surface area (Å²) >= 11 is 0. The molecule has 0 atom stereocenters. The van der Waals surface area contributed by atoms with E-state index in [1.807, 2.05) is 6.07 Å². The molecular weight excluding hydrogens is 268 g/mol. The zero-order chi connectivity index (χ0) is 15.1. The van der Waals surface area contributed by atoms with Crippen LogP contribution in [0.1, 0.15) is 5.76 Å². The molecule has 0 fully saturated rings. The summed E-state index contributed by atoms with van der Waals surface area (Å²) in [6.07, 6.45) is 2.91. The fourth-order valence-electron chi connectivity index (χ4n) is 1.58. The summed E-state index contributed by atoms with van der Waals surface area (Å²) in [5, 5.41) is 14.5. The number of carbonyl (C=O) groups excluding carboxylic acids is 1. The van der Waals surface area contributed by atoms with Gasteiger partial charge in [0.05, 0.1) is 12.8 Å². The van der Waals surface area contributed by atoms with Crippen LogP contribution in [0.25, 0.3) is 0 Å². The number of rotatable bonds is 5. The molecule has 1 amide bonds. The minimum atomic E-state index is -0.491. The van der Waals surface area contributed by atoms with Crippen molar-refractivity contribution in [1.82, 2.24) is 5.32 Å². The number of nitriles is 1. The van der Waals surface area contributed by atoms with Crippen LogP contribution in [-0.4, -0.2) is 5.91 Å². The molecule has 21 heavy (non-hydrogen) atoms. The van der Waals surface area contributed by atoms with E-state index in [-0.39, 0.29) is 5.57 Å². The zero-order valence-electron chi connectivity index (χ0n) is 11.2. The Balaban J connectivity index is 1.94. The van der Waals surface area contributed by atoms with Crippen molar-refractivity contribution < 1.29 is 9.21 Å². The van der Waals surface area contributed by atoms with Crippen molar-refractivity contribution >= 4 is 17.3 Å². The van der Waals surface area contributed by atoms with Gasteiger partial charge in [-0.3, -0.25) is 4.79 Å². The maximum absolute atomic E-state index is 11.9. The van der Waals surface area contributed by atoms with E-state index in [0.29, 0.717) is 23.7 Å². The Morgan fingerprint density at radius 3 is 2.71 bits per heavy atom. The average molecular weight is 282 g/mol. The molecule has 0 saturated heterocycles. The lowest BCUT2D eigenvalue weighted by Crippen LogP contribution is -2.16. The predicted octanol–water partition coefficient (Wildman–Crippen LogP) is 2.00. The van der Waals surface area contributed by atoms with Crippen molar-refractivity contribution in [3.8, 4) is 6.07 Å². The average Bonchev–Trinajstić information content (AvgIpc) is 2.99. The van der Waals surface area contributed by atoms with Gasteiger partial charge in [-0.1, -0.05) is 0 Å². The molecule has 0 aliphatic carbocycles. The maximum Gasteiger partial charge on any atom is 0.267 e. The van der Waals surface area contributed by atoms with E-state index in [9.17, 15) is 4.79 Å². The molecule has 1 heterocycles. The van der Waals surface area contributed by atoms with Gasteiger partial charge in [-0.2, -0.15) is 5.26 Å². The standard InChI is InChI=1S/C15H14N4O2/c16-8-11(9-18-10-14-2-1-7-21-14)15(20)19-13-5-3-12(17)4-6-13/h1-7,9,18H,10,17H2,(H,19,20)/b11-9-. The number of hydrogen-bond acceptors (Lipinski definition) is 5. The van der Waals surface area contributed by atoms with Gasteiger partial charge in [-0.25, -0.2) is 0 Å². The summed E-state index contributed by atoms with van der Waals surface area (Å²) in [5.41, 5.74) is 6.70. The van der Waals surface area contributed by atoms with Crippen molar-refractivity contribution in [2.24, 2.45) is 0 Å². The predicted molar refractivity (Wildman–Crippen MR) is 78.7 cm³/mol. The number of carbonyl (C=O) groups is 1. The summed E-state index contributed by atoms with van der Waals surface area (Å²) in [6, 6.07) is 12.1. The van der Waals surface area contributed by atoms with Gasteiger partial charge in [0.1, 0.15) is 17.4 Å². The van der Waals surface area contributed by atoms with E-state index >= 15 is 0 Å². The van der Waals surface area contributed by atoms with Gasteiger partial charge in [-0.15, -0.1) is 0 Å². The van der Waals surface area contributed by atoms with Crippen molar-refractivity contribution in [2.75, 3.05) is 11.1 Å². The van der Waals surface area contributed by atoms with Crippen LogP contribution < -0.4 is 16.4 Å². The first-order valence-electron chi connectivity index (χ1n) is 6.22. The molecule has 0 bridgehead atoms. The van der Waals surface area contributed by atoms with Crippen LogP contribution in [-0.2, 0) is 11.3 Å². The van der Waals surface area contributed by atoms with Crippen molar-refractivity contribution in [2.45, 2.75) is 6.54 Å². The number of furan rings is 1. The minimum absolute atomic E-state index is 0.0293. The minimum Gasteiger partial charge on any atom is -0.467 e. The Kier molecular flexibility index (Phi) is 4.62. The van der Waals surface area contributed by atoms with Crippen molar-refractivity contribution in [1.29, 1.82) is 5.26 Å². The summed E-state index contributed by atoms with van der Waals surface area (Å²) in [5.74, 6) is 0.219. The largest absolute Gasteiger partial charge is 0.467 e. The van der Waals surface area contributed by atoms with Crippen LogP contribution in [0.2, 0.25) is 0 Å². The fourth-order valence-corrected chi connectivity index (χ4v) is 1.58. The number of nitrogens with two attached hydrogens (primary N) is 1. The number of nitrogens with one attached hydrogen (secondary N) is 2. The maximum atomic E-state index is 11.9. The lowest BCUT2D eigenvalue weighted by molar-refractivity contribution is -0.112. The Morgan fingerprint density at radius 1 is 1.33 bits per heavy atom. The van der Waals surface area contributed by atoms with Crippen LogP contribution in [0.3, 0.4) is 0 Å². The number of nitrogen functional groups attached to an aromatic ring is 1. The molecule has 0 saturated carbocycles. The molecule has 0 spiro atoms. The van der Waals surface area contributed by atoms with E-state index in [4.69, 9.17) is 15.4 Å². The second kappa shape index (κ2) is 6.82. The van der Waals surface area contributed by atoms with Crippen LogP contribution in [0, 0.1) is 11.3 Å². The molecule has 0 unspecified atom stereocenters. The third-order valence-electron chi connectivity index (χ3n) is 2.64. The number of benzene rings is 1. The highest BCUT2D eigenvalue weighted by Crippen LogP contribution is 2.11. The summed E-state index contributed by atoms with van der Waals surface area (Å²) in [4.78, 5) is 11.9. The molecule has 2 rings (SSSR count). The number of hydrogen-bond donors (Lipinski definition) is 3. The van der Waals surface area contributed by atoms with Gasteiger partial charge >= 0.3 is 0 Å². The van der Waals surface area contributed by atoms with E-state index in [2.05, 4.69) is 10.6 Å². The molecule has 0 aliphatic heterocycles. The summed E-state index contributed by atoms with van der Waals surface area (Å²) in [6.45, 7) is 0.396. The summed E-state index contributed by atoms with van der Waals surface area (Å²) < 4.78 is 5.13. The first-order valence-corrected chi connectivity index (χ1v) is 6.22. The number of amides is 1. The van der Waals surface area contributed by atoms with Crippen molar-refractivity contribution in [3.05, 3.63) is 60.2 Å². The Labute approximate surface area is 121 Å². The molecule has 1 aromatic carbocycles. The van der Waals surface area contributed by atoms with E-state index in [1.54, 1.807) is 42.7 Å². The molecule has 4 N–H and O–H groups in total. The van der Waals surface area contributed by atoms with Crippen LogP contribution in [0.15, 0.2) is 58.9 Å². The third-order valence-corrected chi connectivity index (χ3v) is 2.64. The highest BCUT2D eigenvalue weighted by atomic mass is 16.3. The molecule has 1 aromatic heterocycles. The number of nitrogens with zero attached hydrogens (tertiary/aromatic N) is 1. The fraction of sp³-hybridized carbons (Fsp3) is 0.0667. The third kappa shape index (κ3) is 4.14. The first-order chi connectivity index (χ1) is 10.2. The lowest BCUT2D eigenvalue weighted by atomic mass is 10.2. The molecule has 0 radical (unpaired) electrons. The van der Waals surface area contributed by atoms with Crippen molar-refractivity contribution in [3.63, 3.8) is 0 Å². The van der Waals surface area contributed by atoms with Gasteiger partial charge < -0.3 is 20.8 Å². The van der Waals surface area contributed by atoms with Crippen LogP contribution in [0.4, 0.5) is 11.4 Å². The normalized spacial score (nSPS) is 10.7. The quantitative estimate of drug-likeness (QED) is 0.442. The van der Waals surface area contributed by atoms with Gasteiger partial charge in [0.25, 0.3) is 5.91 Å². The number of anilines is 2. The van der Waals surface area contributed by atoms with E-state index in [1.165, 1.54) is 6.20 Å². The molecule has 2 aromatic rings. The van der Waals surface area contributed by atoms with E-state index in [0.717, 1.165) is 0 Å². The Morgan fingerprint density at radius 2 is 2.10 bits per heavy atom. The smallest absolute Gasteiger partial charge is 0.267 e.